The molecular weight excluding hydrogens is 2060 g/mol. The van der Waals surface area contributed by atoms with Crippen LogP contribution in [0.2, 0.25) is 19.6 Å². The van der Waals surface area contributed by atoms with Crippen LogP contribution in [0.3, 0.4) is 0 Å². The summed E-state index contributed by atoms with van der Waals surface area (Å²) in [5, 5.41) is 44.7. The number of carboxylic acid groups (broad SMARTS) is 3. The van der Waals surface area contributed by atoms with Gasteiger partial charge in [-0.2, -0.15) is 21.6 Å². The number of carboxylic acids is 3. The van der Waals surface area contributed by atoms with Crippen molar-refractivity contribution in [2.24, 2.45) is 0 Å². The number of ether oxygens (including phenoxy) is 6. The van der Waals surface area contributed by atoms with Crippen LogP contribution in [-0.4, -0.2) is 115 Å². The van der Waals surface area contributed by atoms with E-state index in [2.05, 4.69) is 31.9 Å². The Morgan fingerprint density at radius 1 is 0.378 bits per heavy atom. The van der Waals surface area contributed by atoms with Gasteiger partial charge in [0.25, 0.3) is 0 Å². The van der Waals surface area contributed by atoms with Crippen molar-refractivity contribution in [2.75, 3.05) is 32.0 Å². The van der Waals surface area contributed by atoms with Crippen LogP contribution in [0.15, 0.2) is 361 Å². The third-order valence-electron chi connectivity index (χ3n) is 16.7. The number of amides is 2. The number of phenolic OH excluding ortho intramolecular Hbond substituents is 1. The Balaban J connectivity index is 0.000000292. The third kappa shape index (κ3) is 45.4. The molecule has 9 N–H and O–H groups in total. The summed E-state index contributed by atoms with van der Waals surface area (Å²) in [5.41, 5.74) is 4.16. The van der Waals surface area contributed by atoms with E-state index in [1.54, 1.807) is 86.4 Å². The van der Waals surface area contributed by atoms with Crippen LogP contribution in [0.4, 0.5) is 13.2 Å². The van der Waals surface area contributed by atoms with Crippen LogP contribution >= 0.6 is 116 Å². The van der Waals surface area contributed by atoms with Crippen molar-refractivity contribution in [1.29, 1.82) is 0 Å². The first-order chi connectivity index (χ1) is 64.1. The van der Waals surface area contributed by atoms with Gasteiger partial charge >= 0.3 is 33.5 Å². The van der Waals surface area contributed by atoms with Crippen LogP contribution in [-0.2, 0) is 81.5 Å². The molecule has 0 aromatic heterocycles. The predicted molar refractivity (Wildman–Crippen MR) is 535 cm³/mol. The minimum Gasteiger partial charge on any atom is -0.508 e. The molecule has 23 nitrogen and oxygen atoms in total. The lowest BCUT2D eigenvalue weighted by molar-refractivity contribution is -0.137. The SMILES string of the molecule is COc1ccc(Oc2ccc(Sc3ccccc3CC(=O)NO)cc2)cc1.COc1ccc(Oc2ccc(Sc3ccccc3CC(=O)NOCc3ccccc3)cc2)cc1.COc1ccc(Oc2ccc(Sc3ccccc3CC(=O)O)cc2)cc1.C[Si](C)(C)OS(=O)(=O)C(F)(F)F.ClCCl.ClCCl.O.O=C(O)Cc1ccccc1I.O=C(O)Cc1ccccc1Sc1ccc(O)cc1. The van der Waals surface area contributed by atoms with Crippen molar-refractivity contribution in [3.63, 3.8) is 0 Å². The molecule has 13 rings (SSSR count). The van der Waals surface area contributed by atoms with E-state index in [0.29, 0.717) is 6.61 Å². The second kappa shape index (κ2) is 61.8. The van der Waals surface area contributed by atoms with Crippen molar-refractivity contribution in [3.8, 4) is 57.5 Å². The molecule has 0 aliphatic carbocycles. The summed E-state index contributed by atoms with van der Waals surface area (Å²) in [6.45, 7) is 4.40. The number of phenols is 1. The smallest absolute Gasteiger partial charge is 0.508 e. The fourth-order valence-electron chi connectivity index (χ4n) is 10.8. The monoisotopic (exact) mass is 2150 g/mol. The lowest BCUT2D eigenvalue weighted by Crippen LogP contribution is -2.36. The third-order valence-corrected chi connectivity index (χ3v) is 25.7. The molecule has 0 spiro atoms. The quantitative estimate of drug-likeness (QED) is 0.00514. The predicted octanol–water partition coefficient (Wildman–Crippen LogP) is 25.2. The fraction of sp³-hybridized carbons (Fsp3) is 0.153. The van der Waals surface area contributed by atoms with Crippen LogP contribution in [0.25, 0.3) is 0 Å². The molecule has 0 saturated heterocycles. The number of hydrogen-bond donors (Lipinski definition) is 7. The second-order valence-electron chi connectivity index (χ2n) is 27.9. The van der Waals surface area contributed by atoms with E-state index in [0.717, 1.165) is 128 Å². The molecule has 0 heterocycles. The summed E-state index contributed by atoms with van der Waals surface area (Å²) in [6, 6.07) is 100. The van der Waals surface area contributed by atoms with Crippen molar-refractivity contribution in [2.45, 2.75) is 103 Å². The molecule has 13 aromatic rings. The van der Waals surface area contributed by atoms with Gasteiger partial charge in [-0.3, -0.25) is 34.0 Å². The molecule has 37 heteroatoms. The van der Waals surface area contributed by atoms with Crippen molar-refractivity contribution in [3.05, 3.63) is 358 Å². The van der Waals surface area contributed by atoms with Gasteiger partial charge in [0.15, 0.2) is 0 Å². The van der Waals surface area contributed by atoms with Crippen LogP contribution in [0, 0.1) is 3.57 Å². The molecule has 0 radical (unpaired) electrons. The number of alkyl halides is 7. The van der Waals surface area contributed by atoms with Crippen LogP contribution in [0.1, 0.15) is 33.4 Å². The number of hydroxylamine groups is 2. The zero-order valence-electron chi connectivity index (χ0n) is 73.2. The minimum atomic E-state index is -5.39. The van der Waals surface area contributed by atoms with Gasteiger partial charge in [0, 0.05) is 42.7 Å². The highest BCUT2D eigenvalue weighted by atomic mass is 127. The van der Waals surface area contributed by atoms with Crippen molar-refractivity contribution >= 4 is 164 Å². The highest BCUT2D eigenvalue weighted by Crippen LogP contribution is 2.38. The zero-order chi connectivity index (χ0) is 97.9. The average molecular weight is 2150 g/mol. The molecular formula is C98H96Cl4F3IN2O21S5Si. The molecule has 2 amide bonds. The molecule has 0 aliphatic rings. The summed E-state index contributed by atoms with van der Waals surface area (Å²) in [4.78, 5) is 69.2. The maximum absolute atomic E-state index is 12.4. The Morgan fingerprint density at radius 2 is 0.630 bits per heavy atom. The number of benzene rings is 13. The summed E-state index contributed by atoms with van der Waals surface area (Å²) in [5.74, 6) is 3.91. The van der Waals surface area contributed by atoms with E-state index in [4.69, 9.17) is 100 Å². The molecule has 0 bridgehead atoms. The molecule has 714 valence electrons. The van der Waals surface area contributed by atoms with E-state index in [1.165, 1.54) is 31.4 Å². The molecule has 13 aromatic carbocycles. The summed E-state index contributed by atoms with van der Waals surface area (Å²) >= 11 is 27.4. The fourth-order valence-corrected chi connectivity index (χ4v) is 18.2. The normalized spacial score (nSPS) is 10.4. The number of carbonyl (C=O) groups excluding carboxylic acids is 2. The molecule has 0 fully saturated rings. The van der Waals surface area contributed by atoms with Crippen molar-refractivity contribution in [1.82, 2.24) is 11.0 Å². The lowest BCUT2D eigenvalue weighted by Gasteiger charge is -2.17. The maximum atomic E-state index is 12.4. The van der Waals surface area contributed by atoms with Gasteiger partial charge in [0.2, 0.25) is 20.1 Å². The number of methoxy groups -OCH3 is 3. The van der Waals surface area contributed by atoms with E-state index >= 15 is 0 Å². The number of hydrogen-bond acceptors (Lipinski definition) is 21. The van der Waals surface area contributed by atoms with E-state index in [-0.39, 0.29) is 59.9 Å². The van der Waals surface area contributed by atoms with E-state index in [9.17, 15) is 50.7 Å². The Labute approximate surface area is 832 Å². The number of halogens is 8. The number of rotatable bonds is 32. The van der Waals surface area contributed by atoms with Crippen molar-refractivity contribution < 1.29 is 114 Å². The largest absolute Gasteiger partial charge is 0.522 e. The topological polar surface area (TPSA) is 350 Å². The lowest BCUT2D eigenvalue weighted by atomic mass is 10.1. The van der Waals surface area contributed by atoms with Gasteiger partial charge in [-0.15, -0.1) is 46.4 Å². The van der Waals surface area contributed by atoms with Gasteiger partial charge in [-0.1, -0.05) is 168 Å². The Hall–Kier alpha value is -11.1. The Kier molecular flexibility index (Phi) is 52.4. The van der Waals surface area contributed by atoms with E-state index in [1.807, 2.05) is 297 Å². The Morgan fingerprint density at radius 3 is 0.904 bits per heavy atom. The zero-order valence-corrected chi connectivity index (χ0v) is 83.4. The number of aliphatic carboxylic acids is 3. The average Bonchev–Trinajstić information content (AvgIpc) is 0.824. The first-order valence-corrected chi connectivity index (χ1v) is 51.0. The molecule has 0 unspecified atom stereocenters. The van der Waals surface area contributed by atoms with Gasteiger partial charge in [0.05, 0.1) is 70.7 Å². The first kappa shape index (κ1) is 114. The minimum absolute atomic E-state index is 0. The molecule has 0 atom stereocenters. The standard InChI is InChI=1S/C28H25NO4S.C21H19NO4S.C21H18O4S.C14H12O3S.C8H7IO2.C4H9F3O3SSi.2CH2Cl2.H2O/c1-31-23-11-13-24(14-12-23)33-25-15-17-26(18-16-25)34-27-10-6-5-9-22(27)19-28(30)29-32-20-21-7-3-2-4-8-21;1-25-16-6-8-17(9-7-16)26-18-10-12-19(13-11-18)27-20-5-3-2-4-15(20)14-21(23)22-24;1-24-16-6-8-17(9-7-16)25-18-10-12-19(13-11-18)26-20-5-3-2-4-15(20)14-21(22)23;15-11-5-7-12(8-6-11)18-13-4-2-1-3-10(13)9-14(16)17;9-7-4-2-1-3-6(7)5-8(10)11;1-12(2,3)10-11(8,9)4(5,6)7;2*2-1-3;/h2-18H,19-20H2,1H3,(H,29,30);2-13,24H,14H2,1H3,(H,22,23);2-13H,14H2,1H3,(H,22,23);1-8,15H,9H2,(H,16,17);1-4H,5H2,(H,10,11);1-3H3;2*1H2;1H2. The summed E-state index contributed by atoms with van der Waals surface area (Å²) < 4.78 is 93.7. The molecule has 135 heavy (non-hydrogen) atoms. The molecule has 0 aliphatic heterocycles. The summed E-state index contributed by atoms with van der Waals surface area (Å²) in [7, 11) is -3.22. The molecule has 0 saturated carbocycles. The number of aromatic hydroxyl groups is 1. The second-order valence-corrected chi connectivity index (χ2v) is 41.4. The maximum Gasteiger partial charge on any atom is 0.522 e. The van der Waals surface area contributed by atoms with Gasteiger partial charge in [-0.25, -0.2) is 11.0 Å². The van der Waals surface area contributed by atoms with Crippen LogP contribution < -0.4 is 39.4 Å². The highest BCUT2D eigenvalue weighted by molar-refractivity contribution is 14.1. The van der Waals surface area contributed by atoms with Gasteiger partial charge in [0.1, 0.15) is 57.5 Å². The first-order valence-electron chi connectivity index (χ1n) is 39.7. The number of nitrogens with one attached hydrogen (secondary N) is 2. The van der Waals surface area contributed by atoms with Gasteiger partial charge in [-0.05, 0) is 276 Å². The van der Waals surface area contributed by atoms with Gasteiger partial charge < -0.3 is 58.2 Å². The summed E-state index contributed by atoms with van der Waals surface area (Å²) in [6.07, 6.45) is 0.497. The Bertz CT molecular complexity index is 5870. The van der Waals surface area contributed by atoms with Crippen LogP contribution in [0.5, 0.6) is 57.5 Å². The van der Waals surface area contributed by atoms with E-state index < -0.39 is 47.8 Å². The highest BCUT2D eigenvalue weighted by Gasteiger charge is 2.49. The number of carbonyl (C=O) groups is 5.